The van der Waals surface area contributed by atoms with Gasteiger partial charge in [0.1, 0.15) is 28.8 Å². The normalized spacial score (nSPS) is 17.4. The van der Waals surface area contributed by atoms with E-state index in [2.05, 4.69) is 31.2 Å². The van der Waals surface area contributed by atoms with Crippen LogP contribution in [0.1, 0.15) is 58.2 Å². The number of hydrogen-bond donors (Lipinski definition) is 1. The van der Waals surface area contributed by atoms with Gasteiger partial charge in [-0.15, -0.1) is 10.2 Å². The number of aromatic nitrogens is 5. The van der Waals surface area contributed by atoms with Crippen LogP contribution < -0.4 is 4.74 Å². The van der Waals surface area contributed by atoms with Crippen molar-refractivity contribution in [3.63, 3.8) is 0 Å². The Morgan fingerprint density at radius 2 is 2.00 bits per heavy atom. The van der Waals surface area contributed by atoms with Crippen molar-refractivity contribution < 1.29 is 18.4 Å². The second-order valence-electron chi connectivity index (χ2n) is 9.06. The Hall–Kier alpha value is -4.47. The van der Waals surface area contributed by atoms with Gasteiger partial charge in [0.05, 0.1) is 25.3 Å². The number of amides is 1. The van der Waals surface area contributed by atoms with Crippen LogP contribution in [0.3, 0.4) is 0 Å². The van der Waals surface area contributed by atoms with Crippen LogP contribution in [0, 0.1) is 0 Å². The van der Waals surface area contributed by atoms with Crippen LogP contribution in [0.15, 0.2) is 57.8 Å². The van der Waals surface area contributed by atoms with Crippen molar-refractivity contribution in [3.05, 3.63) is 77.5 Å². The summed E-state index contributed by atoms with van der Waals surface area (Å²) in [7, 11) is 1.57. The first kappa shape index (κ1) is 20.9. The number of aromatic amines is 1. The lowest BCUT2D eigenvalue weighted by molar-refractivity contribution is 0.0631. The molecule has 10 nitrogen and oxygen atoms in total. The molecule has 1 aromatic carbocycles. The molecule has 0 saturated heterocycles. The number of imidazole rings is 1. The molecule has 0 bridgehead atoms. The molecule has 5 aromatic rings. The van der Waals surface area contributed by atoms with Crippen LogP contribution in [0.2, 0.25) is 0 Å². The fraction of sp³-hybridized carbons (Fsp3) is 0.269. The summed E-state index contributed by atoms with van der Waals surface area (Å²) in [5.74, 6) is 1.48. The van der Waals surface area contributed by atoms with E-state index in [1.54, 1.807) is 36.7 Å². The molecule has 1 atom stereocenters. The smallest absolute Gasteiger partial charge is 0.312 e. The third kappa shape index (κ3) is 3.29. The van der Waals surface area contributed by atoms with Crippen molar-refractivity contribution in [1.29, 1.82) is 0 Å². The number of rotatable bonds is 5. The van der Waals surface area contributed by atoms with Crippen LogP contribution >= 0.6 is 0 Å². The molecule has 1 aliphatic carbocycles. The Kier molecular flexibility index (Phi) is 4.66. The highest BCUT2D eigenvalue weighted by Gasteiger charge is 2.42. The van der Waals surface area contributed by atoms with Gasteiger partial charge in [0.25, 0.3) is 5.89 Å². The maximum Gasteiger partial charge on any atom is 0.312 e. The highest BCUT2D eigenvalue weighted by atomic mass is 16.5. The fourth-order valence-electron chi connectivity index (χ4n) is 5.01. The van der Waals surface area contributed by atoms with Gasteiger partial charge < -0.3 is 23.5 Å². The minimum absolute atomic E-state index is 0.101. The number of hydrogen-bond acceptors (Lipinski definition) is 8. The second-order valence-corrected chi connectivity index (χ2v) is 9.06. The Balaban J connectivity index is 1.30. The van der Waals surface area contributed by atoms with Gasteiger partial charge in [0.15, 0.2) is 0 Å². The van der Waals surface area contributed by atoms with Gasteiger partial charge in [-0.05, 0) is 37.0 Å². The summed E-state index contributed by atoms with van der Waals surface area (Å²) in [6.07, 6.45) is 6.07. The summed E-state index contributed by atoms with van der Waals surface area (Å²) in [5, 5.41) is 9.22. The molecule has 0 unspecified atom stereocenters. The third-order valence-electron chi connectivity index (χ3n) is 6.88. The molecular weight excluding hydrogens is 460 g/mol. The highest BCUT2D eigenvalue weighted by Crippen LogP contribution is 2.50. The first-order chi connectivity index (χ1) is 17.7. The molecule has 0 radical (unpaired) electrons. The standard InChI is InChI=1S/C26H22N6O4/c1-34-15-8-9-18(27-12-15)24-30-31-25(36-24)26(33)32-11-10-17-21(29-13-28-17)22(32)23-20(14-6-7-14)16-4-2-3-5-19(16)35-23/h2-5,8-9,12-14,22H,6-7,10-11H2,1H3,(H,28,29)/t22-/m0/s1. The quantitative estimate of drug-likeness (QED) is 0.394. The molecule has 1 amide bonds. The van der Waals surface area contributed by atoms with E-state index in [4.69, 9.17) is 13.6 Å². The molecule has 1 fully saturated rings. The zero-order valence-electron chi connectivity index (χ0n) is 19.5. The average Bonchev–Trinajstić information content (AvgIpc) is 3.32. The molecular formula is C26H22N6O4. The van der Waals surface area contributed by atoms with Crippen LogP contribution in [-0.4, -0.2) is 49.6 Å². The molecule has 0 spiro atoms. The lowest BCUT2D eigenvalue weighted by Gasteiger charge is -2.33. The van der Waals surface area contributed by atoms with Crippen LogP contribution in [0.4, 0.5) is 0 Å². The monoisotopic (exact) mass is 482 g/mol. The van der Waals surface area contributed by atoms with E-state index >= 15 is 0 Å². The first-order valence-corrected chi connectivity index (χ1v) is 11.9. The number of benzene rings is 1. The Morgan fingerprint density at radius 1 is 1.11 bits per heavy atom. The number of para-hydroxylation sites is 1. The predicted octanol–water partition coefficient (Wildman–Crippen LogP) is 4.27. The predicted molar refractivity (Wildman–Crippen MR) is 127 cm³/mol. The minimum atomic E-state index is -0.495. The lowest BCUT2D eigenvalue weighted by atomic mass is 9.95. The SMILES string of the molecule is COc1ccc(-c2nnc(C(=O)N3CCc4[nH]cnc4[C@H]3c3oc4ccccc4c3C3CC3)o2)nc1. The molecule has 7 rings (SSSR count). The summed E-state index contributed by atoms with van der Waals surface area (Å²) in [6.45, 7) is 0.457. The third-order valence-corrected chi connectivity index (χ3v) is 6.88. The number of ether oxygens (including phenoxy) is 1. The number of nitrogens with one attached hydrogen (secondary N) is 1. The number of pyridine rings is 1. The van der Waals surface area contributed by atoms with Gasteiger partial charge in [-0.25, -0.2) is 9.97 Å². The molecule has 180 valence electrons. The van der Waals surface area contributed by atoms with Gasteiger partial charge >= 0.3 is 11.8 Å². The van der Waals surface area contributed by atoms with Gasteiger partial charge in [0.2, 0.25) is 0 Å². The summed E-state index contributed by atoms with van der Waals surface area (Å²) in [5.41, 5.74) is 4.22. The summed E-state index contributed by atoms with van der Waals surface area (Å²) < 4.78 is 17.4. The molecule has 4 aromatic heterocycles. The van der Waals surface area contributed by atoms with E-state index in [1.807, 2.05) is 18.2 Å². The molecule has 36 heavy (non-hydrogen) atoms. The zero-order valence-corrected chi connectivity index (χ0v) is 19.5. The van der Waals surface area contributed by atoms with Crippen molar-refractivity contribution in [3.8, 4) is 17.3 Å². The molecule has 10 heteroatoms. The minimum Gasteiger partial charge on any atom is -0.495 e. The van der Waals surface area contributed by atoms with Crippen molar-refractivity contribution in [2.45, 2.75) is 31.2 Å². The Morgan fingerprint density at radius 3 is 2.81 bits per heavy atom. The molecule has 1 saturated carbocycles. The highest BCUT2D eigenvalue weighted by molar-refractivity contribution is 5.91. The van der Waals surface area contributed by atoms with E-state index in [1.165, 1.54) is 0 Å². The van der Waals surface area contributed by atoms with Crippen molar-refractivity contribution in [2.24, 2.45) is 0 Å². The summed E-state index contributed by atoms with van der Waals surface area (Å²) in [4.78, 5) is 27.6. The summed E-state index contributed by atoms with van der Waals surface area (Å²) in [6, 6.07) is 11.0. The number of H-pyrrole nitrogens is 1. The van der Waals surface area contributed by atoms with E-state index in [9.17, 15) is 4.79 Å². The largest absolute Gasteiger partial charge is 0.495 e. The molecule has 5 heterocycles. The number of carbonyl (C=O) groups excluding carboxylic acids is 1. The Bertz CT molecular complexity index is 1580. The Labute approximate surface area is 205 Å². The fourth-order valence-corrected chi connectivity index (χ4v) is 5.01. The van der Waals surface area contributed by atoms with Gasteiger partial charge in [-0.2, -0.15) is 0 Å². The topological polar surface area (TPSA) is 123 Å². The first-order valence-electron chi connectivity index (χ1n) is 11.9. The van der Waals surface area contributed by atoms with Crippen molar-refractivity contribution in [2.75, 3.05) is 13.7 Å². The van der Waals surface area contributed by atoms with E-state index < -0.39 is 6.04 Å². The number of fused-ring (bicyclic) bond motifs is 2. The molecule has 1 aliphatic heterocycles. The van der Waals surface area contributed by atoms with Crippen molar-refractivity contribution >= 4 is 16.9 Å². The molecule has 2 aliphatic rings. The number of nitrogens with zero attached hydrogens (tertiary/aromatic N) is 5. The van der Waals surface area contributed by atoms with Gasteiger partial charge in [-0.3, -0.25) is 4.79 Å². The van der Waals surface area contributed by atoms with Crippen LogP contribution in [0.5, 0.6) is 5.75 Å². The maximum absolute atomic E-state index is 13.8. The van der Waals surface area contributed by atoms with Crippen molar-refractivity contribution in [1.82, 2.24) is 30.0 Å². The number of carbonyl (C=O) groups is 1. The lowest BCUT2D eigenvalue weighted by Crippen LogP contribution is -2.41. The van der Waals surface area contributed by atoms with Crippen LogP contribution in [0.25, 0.3) is 22.6 Å². The zero-order chi connectivity index (χ0) is 24.2. The van der Waals surface area contributed by atoms with E-state index in [-0.39, 0.29) is 17.7 Å². The van der Waals surface area contributed by atoms with Crippen LogP contribution in [-0.2, 0) is 6.42 Å². The summed E-state index contributed by atoms with van der Waals surface area (Å²) >= 11 is 0. The molecule has 1 N–H and O–H groups in total. The second kappa shape index (κ2) is 8.04. The maximum atomic E-state index is 13.8. The average molecular weight is 483 g/mol. The number of furan rings is 1. The van der Waals surface area contributed by atoms with E-state index in [0.717, 1.165) is 46.5 Å². The number of methoxy groups -OCH3 is 1. The van der Waals surface area contributed by atoms with E-state index in [0.29, 0.717) is 30.3 Å². The van der Waals surface area contributed by atoms with Gasteiger partial charge in [-0.1, -0.05) is 18.2 Å². The van der Waals surface area contributed by atoms with Gasteiger partial charge in [0, 0.05) is 29.6 Å².